The summed E-state index contributed by atoms with van der Waals surface area (Å²) in [5, 5.41) is 0. The van der Waals surface area contributed by atoms with Gasteiger partial charge in [-0.15, -0.1) is 0 Å². The molecular formula is C15H23N3O. The third kappa shape index (κ3) is 2.67. The number of aromatic nitrogens is 2. The first-order valence-electron chi connectivity index (χ1n) is 6.93. The Morgan fingerprint density at radius 2 is 2.05 bits per heavy atom. The van der Waals surface area contributed by atoms with Crippen molar-refractivity contribution in [3.8, 4) is 5.75 Å². The molecule has 2 rings (SSSR count). The van der Waals surface area contributed by atoms with Gasteiger partial charge in [-0.2, -0.15) is 0 Å². The van der Waals surface area contributed by atoms with Crippen molar-refractivity contribution in [2.24, 2.45) is 5.92 Å². The summed E-state index contributed by atoms with van der Waals surface area (Å²) in [6.45, 7) is 9.23. The predicted molar refractivity (Wildman–Crippen MR) is 79.5 cm³/mol. The Hall–Kier alpha value is -1.71. The van der Waals surface area contributed by atoms with E-state index in [0.717, 1.165) is 23.2 Å². The molecule has 4 heteroatoms. The molecule has 1 atom stereocenters. The van der Waals surface area contributed by atoms with E-state index in [1.807, 2.05) is 19.1 Å². The second-order valence-corrected chi connectivity index (χ2v) is 5.38. The lowest BCUT2D eigenvalue weighted by atomic mass is 10.0. The van der Waals surface area contributed by atoms with Crippen molar-refractivity contribution < 1.29 is 4.74 Å². The second kappa shape index (κ2) is 5.51. The highest BCUT2D eigenvalue weighted by molar-refractivity contribution is 5.84. The molecule has 1 aromatic carbocycles. The fourth-order valence-corrected chi connectivity index (χ4v) is 2.63. The van der Waals surface area contributed by atoms with E-state index in [9.17, 15) is 0 Å². The lowest BCUT2D eigenvalue weighted by Gasteiger charge is -2.18. The Balaban J connectivity index is 2.50. The molecule has 2 N–H and O–H groups in total. The molecule has 0 aliphatic rings. The zero-order valence-corrected chi connectivity index (χ0v) is 12.2. The summed E-state index contributed by atoms with van der Waals surface area (Å²) < 4.78 is 7.73. The minimum absolute atomic E-state index is 0.335. The summed E-state index contributed by atoms with van der Waals surface area (Å²) in [5.41, 5.74) is 8.00. The van der Waals surface area contributed by atoms with Gasteiger partial charge in [0.2, 0.25) is 5.95 Å². The number of benzene rings is 1. The molecule has 1 heterocycles. The Morgan fingerprint density at radius 3 is 2.68 bits per heavy atom. The molecule has 1 unspecified atom stereocenters. The monoisotopic (exact) mass is 261 g/mol. The van der Waals surface area contributed by atoms with Gasteiger partial charge >= 0.3 is 0 Å². The van der Waals surface area contributed by atoms with Crippen molar-refractivity contribution in [3.05, 3.63) is 18.2 Å². The number of anilines is 1. The Kier molecular flexibility index (Phi) is 3.98. The lowest BCUT2D eigenvalue weighted by molar-refractivity contribution is 0.343. The Bertz CT molecular complexity index is 560. The van der Waals surface area contributed by atoms with Crippen LogP contribution in [0.25, 0.3) is 11.0 Å². The highest BCUT2D eigenvalue weighted by Crippen LogP contribution is 2.31. The number of ether oxygens (including phenoxy) is 1. The molecule has 104 valence electrons. The SMILES string of the molecule is CCOc1cccc2c1nc(N)n2C(C)CC(C)C. The van der Waals surface area contributed by atoms with Gasteiger partial charge in [-0.25, -0.2) is 4.98 Å². The molecule has 0 aliphatic heterocycles. The summed E-state index contributed by atoms with van der Waals surface area (Å²) in [6, 6.07) is 6.32. The third-order valence-electron chi connectivity index (χ3n) is 3.26. The summed E-state index contributed by atoms with van der Waals surface area (Å²) in [7, 11) is 0. The van der Waals surface area contributed by atoms with Crippen LogP contribution in [0.2, 0.25) is 0 Å². The molecule has 0 aliphatic carbocycles. The van der Waals surface area contributed by atoms with E-state index < -0.39 is 0 Å². The molecule has 0 radical (unpaired) electrons. The third-order valence-corrected chi connectivity index (χ3v) is 3.26. The fraction of sp³-hybridized carbons (Fsp3) is 0.533. The van der Waals surface area contributed by atoms with Crippen LogP contribution in [0, 0.1) is 5.92 Å². The zero-order valence-electron chi connectivity index (χ0n) is 12.2. The van der Waals surface area contributed by atoms with Crippen molar-refractivity contribution in [1.29, 1.82) is 0 Å². The standard InChI is InChI=1S/C15H23N3O/c1-5-19-13-8-6-7-12-14(13)17-15(16)18(12)11(4)9-10(2)3/h6-8,10-11H,5,9H2,1-4H3,(H2,16,17). The largest absolute Gasteiger partial charge is 0.492 e. The first kappa shape index (κ1) is 13.7. The van der Waals surface area contributed by atoms with Gasteiger partial charge in [0, 0.05) is 6.04 Å². The average Bonchev–Trinajstić information content (AvgIpc) is 2.66. The van der Waals surface area contributed by atoms with Crippen LogP contribution >= 0.6 is 0 Å². The summed E-state index contributed by atoms with van der Waals surface area (Å²) in [5.74, 6) is 2.00. The van der Waals surface area contributed by atoms with Crippen LogP contribution in [0.4, 0.5) is 5.95 Å². The van der Waals surface area contributed by atoms with Gasteiger partial charge in [-0.3, -0.25) is 0 Å². The van der Waals surface area contributed by atoms with Gasteiger partial charge in [-0.05, 0) is 38.3 Å². The highest BCUT2D eigenvalue weighted by Gasteiger charge is 2.17. The van der Waals surface area contributed by atoms with Crippen molar-refractivity contribution >= 4 is 17.0 Å². The first-order valence-corrected chi connectivity index (χ1v) is 6.93. The number of para-hydroxylation sites is 1. The van der Waals surface area contributed by atoms with Crippen LogP contribution in [0.3, 0.4) is 0 Å². The Labute approximate surface area is 114 Å². The number of nitrogens with two attached hydrogens (primary N) is 1. The van der Waals surface area contributed by atoms with Crippen LogP contribution in [-0.4, -0.2) is 16.2 Å². The Morgan fingerprint density at radius 1 is 1.32 bits per heavy atom. The van der Waals surface area contributed by atoms with Crippen LogP contribution < -0.4 is 10.5 Å². The van der Waals surface area contributed by atoms with E-state index in [2.05, 4.69) is 36.4 Å². The minimum atomic E-state index is 0.335. The van der Waals surface area contributed by atoms with Crippen molar-refractivity contribution in [3.63, 3.8) is 0 Å². The van der Waals surface area contributed by atoms with Crippen molar-refractivity contribution in [2.75, 3.05) is 12.3 Å². The number of rotatable bonds is 5. The van der Waals surface area contributed by atoms with Crippen molar-refractivity contribution in [2.45, 2.75) is 40.2 Å². The van der Waals surface area contributed by atoms with Crippen LogP contribution in [0.5, 0.6) is 5.75 Å². The average molecular weight is 261 g/mol. The quantitative estimate of drug-likeness (QED) is 0.894. The van der Waals surface area contributed by atoms with E-state index in [-0.39, 0.29) is 0 Å². The maximum Gasteiger partial charge on any atom is 0.201 e. The smallest absolute Gasteiger partial charge is 0.201 e. The molecule has 0 saturated heterocycles. The molecule has 4 nitrogen and oxygen atoms in total. The van der Waals surface area contributed by atoms with Gasteiger partial charge in [0.1, 0.15) is 11.3 Å². The first-order chi connectivity index (χ1) is 9.04. The fourth-order valence-electron chi connectivity index (χ4n) is 2.63. The molecule has 1 aromatic heterocycles. The highest BCUT2D eigenvalue weighted by atomic mass is 16.5. The number of imidazole rings is 1. The lowest BCUT2D eigenvalue weighted by Crippen LogP contribution is -2.11. The van der Waals surface area contributed by atoms with Crippen molar-refractivity contribution in [1.82, 2.24) is 9.55 Å². The van der Waals surface area contributed by atoms with Crippen LogP contribution in [-0.2, 0) is 0 Å². The molecule has 0 saturated carbocycles. The molecule has 0 amide bonds. The van der Waals surface area contributed by atoms with Gasteiger partial charge in [0.05, 0.1) is 12.1 Å². The van der Waals surface area contributed by atoms with Crippen LogP contribution in [0.1, 0.15) is 40.2 Å². The number of nitrogen functional groups attached to an aromatic ring is 1. The van der Waals surface area contributed by atoms with E-state index in [1.165, 1.54) is 0 Å². The minimum Gasteiger partial charge on any atom is -0.492 e. The summed E-state index contributed by atoms with van der Waals surface area (Å²) in [4.78, 5) is 4.48. The van der Waals surface area contributed by atoms with Gasteiger partial charge in [0.15, 0.2) is 0 Å². The van der Waals surface area contributed by atoms with Gasteiger partial charge < -0.3 is 15.0 Å². The summed E-state index contributed by atoms with van der Waals surface area (Å²) in [6.07, 6.45) is 1.08. The number of hydrogen-bond acceptors (Lipinski definition) is 3. The van der Waals surface area contributed by atoms with Crippen LogP contribution in [0.15, 0.2) is 18.2 Å². The normalized spacial score (nSPS) is 13.1. The van der Waals surface area contributed by atoms with Gasteiger partial charge in [-0.1, -0.05) is 19.9 Å². The van der Waals surface area contributed by atoms with E-state index in [4.69, 9.17) is 10.5 Å². The second-order valence-electron chi connectivity index (χ2n) is 5.38. The number of hydrogen-bond donors (Lipinski definition) is 1. The molecule has 19 heavy (non-hydrogen) atoms. The van der Waals surface area contributed by atoms with E-state index >= 15 is 0 Å². The molecule has 0 fully saturated rings. The maximum absolute atomic E-state index is 6.09. The maximum atomic E-state index is 6.09. The van der Waals surface area contributed by atoms with Gasteiger partial charge in [0.25, 0.3) is 0 Å². The molecule has 0 spiro atoms. The molecular weight excluding hydrogens is 238 g/mol. The number of fused-ring (bicyclic) bond motifs is 1. The van der Waals surface area contributed by atoms with E-state index in [0.29, 0.717) is 24.5 Å². The molecule has 2 aromatic rings. The zero-order chi connectivity index (χ0) is 14.0. The number of nitrogens with zero attached hydrogens (tertiary/aromatic N) is 2. The topological polar surface area (TPSA) is 53.1 Å². The molecule has 0 bridgehead atoms. The summed E-state index contributed by atoms with van der Waals surface area (Å²) >= 11 is 0. The predicted octanol–water partition coefficient (Wildman–Crippen LogP) is 3.62. The van der Waals surface area contributed by atoms with E-state index in [1.54, 1.807) is 0 Å².